The summed E-state index contributed by atoms with van der Waals surface area (Å²) in [7, 11) is 2.21. The SMILES string of the molecule is C/C=C1/OCC2(CCN(C)CC2)/C1=C/C=C\CC. The number of allylic oxidation sites excluding steroid dienone is 5. The van der Waals surface area contributed by atoms with Crippen LogP contribution < -0.4 is 0 Å². The number of hydrogen-bond donors (Lipinski definition) is 0. The minimum absolute atomic E-state index is 0.270. The van der Waals surface area contributed by atoms with Crippen molar-refractivity contribution >= 4 is 0 Å². The molecule has 2 rings (SSSR count). The highest BCUT2D eigenvalue weighted by molar-refractivity contribution is 5.39. The standard InChI is InChI=1S/C16H25NO/c1-4-6-7-8-14-15(5-2)18-13-16(14)9-11-17(3)12-10-16/h5-8H,4,9-13H2,1-3H3/b7-6-,14-8+,15-5+. The largest absolute Gasteiger partial charge is 0.493 e. The molecule has 2 aliphatic heterocycles. The first-order valence-electron chi connectivity index (χ1n) is 7.07. The fraction of sp³-hybridized carbons (Fsp3) is 0.625. The first-order chi connectivity index (χ1) is 8.72. The smallest absolute Gasteiger partial charge is 0.118 e. The van der Waals surface area contributed by atoms with E-state index in [1.807, 2.05) is 0 Å². The number of ether oxygens (including phenoxy) is 1. The maximum atomic E-state index is 5.91. The van der Waals surface area contributed by atoms with Crippen molar-refractivity contribution < 1.29 is 4.74 Å². The Bertz CT molecular complexity index is 371. The van der Waals surface area contributed by atoms with Gasteiger partial charge in [-0.15, -0.1) is 0 Å². The molecular weight excluding hydrogens is 222 g/mol. The molecule has 0 atom stereocenters. The van der Waals surface area contributed by atoms with Crippen molar-refractivity contribution in [2.75, 3.05) is 26.7 Å². The molecule has 0 aromatic heterocycles. The Balaban J connectivity index is 2.24. The maximum absolute atomic E-state index is 5.91. The van der Waals surface area contributed by atoms with E-state index in [9.17, 15) is 0 Å². The Morgan fingerprint density at radius 1 is 1.33 bits per heavy atom. The van der Waals surface area contributed by atoms with Gasteiger partial charge in [-0.3, -0.25) is 0 Å². The molecule has 0 N–H and O–H groups in total. The summed E-state index contributed by atoms with van der Waals surface area (Å²) in [5.74, 6) is 1.10. The van der Waals surface area contributed by atoms with Gasteiger partial charge in [-0.25, -0.2) is 0 Å². The van der Waals surface area contributed by atoms with Crippen LogP contribution in [0.3, 0.4) is 0 Å². The van der Waals surface area contributed by atoms with Gasteiger partial charge in [0.1, 0.15) is 5.76 Å². The van der Waals surface area contributed by atoms with Gasteiger partial charge < -0.3 is 9.64 Å². The first kappa shape index (κ1) is 13.4. The van der Waals surface area contributed by atoms with E-state index in [-0.39, 0.29) is 5.41 Å². The molecule has 0 amide bonds. The summed E-state index contributed by atoms with van der Waals surface area (Å²) in [5, 5.41) is 0. The van der Waals surface area contributed by atoms with Gasteiger partial charge in [0.2, 0.25) is 0 Å². The van der Waals surface area contributed by atoms with Crippen molar-refractivity contribution in [2.45, 2.75) is 33.1 Å². The Hall–Kier alpha value is -1.02. The topological polar surface area (TPSA) is 12.5 Å². The quantitative estimate of drug-likeness (QED) is 0.740. The zero-order valence-electron chi connectivity index (χ0n) is 11.9. The zero-order chi connectivity index (χ0) is 13.0. The third-order valence-electron chi connectivity index (χ3n) is 4.18. The highest BCUT2D eigenvalue weighted by Gasteiger charge is 2.44. The van der Waals surface area contributed by atoms with Gasteiger partial charge in [-0.05, 0) is 52.4 Å². The van der Waals surface area contributed by atoms with Gasteiger partial charge in [0.15, 0.2) is 0 Å². The number of rotatable bonds is 2. The predicted molar refractivity (Wildman–Crippen MR) is 76.4 cm³/mol. The Kier molecular flexibility index (Phi) is 4.28. The fourth-order valence-corrected chi connectivity index (χ4v) is 2.89. The third-order valence-corrected chi connectivity index (χ3v) is 4.18. The minimum Gasteiger partial charge on any atom is -0.493 e. The Labute approximate surface area is 111 Å². The second-order valence-electron chi connectivity index (χ2n) is 5.44. The molecule has 0 aliphatic carbocycles. The van der Waals surface area contributed by atoms with Crippen molar-refractivity contribution in [1.82, 2.24) is 4.90 Å². The molecule has 2 heteroatoms. The number of likely N-dealkylation sites (tertiary alicyclic amines) is 1. The molecule has 0 saturated carbocycles. The van der Waals surface area contributed by atoms with Crippen LogP contribution in [0.4, 0.5) is 0 Å². The van der Waals surface area contributed by atoms with Crippen LogP contribution in [-0.2, 0) is 4.74 Å². The molecule has 2 aliphatic rings. The van der Waals surface area contributed by atoms with Crippen LogP contribution in [-0.4, -0.2) is 31.6 Å². The summed E-state index contributed by atoms with van der Waals surface area (Å²) in [6, 6.07) is 0. The van der Waals surface area contributed by atoms with Crippen LogP contribution in [0.1, 0.15) is 33.1 Å². The van der Waals surface area contributed by atoms with Crippen LogP contribution >= 0.6 is 0 Å². The molecule has 0 radical (unpaired) electrons. The second kappa shape index (κ2) is 5.75. The van der Waals surface area contributed by atoms with E-state index in [0.29, 0.717) is 0 Å². The maximum Gasteiger partial charge on any atom is 0.118 e. The van der Waals surface area contributed by atoms with Gasteiger partial charge >= 0.3 is 0 Å². The van der Waals surface area contributed by atoms with Crippen molar-refractivity contribution in [3.63, 3.8) is 0 Å². The molecule has 0 bridgehead atoms. The van der Waals surface area contributed by atoms with E-state index < -0.39 is 0 Å². The van der Waals surface area contributed by atoms with Crippen LogP contribution in [0.15, 0.2) is 35.6 Å². The first-order valence-corrected chi connectivity index (χ1v) is 7.07. The predicted octanol–water partition coefficient (Wildman–Crippen LogP) is 3.53. The number of nitrogens with zero attached hydrogens (tertiary/aromatic N) is 1. The molecule has 2 nitrogen and oxygen atoms in total. The van der Waals surface area contributed by atoms with Crippen molar-refractivity contribution in [3.05, 3.63) is 35.6 Å². The third kappa shape index (κ3) is 2.54. The van der Waals surface area contributed by atoms with E-state index in [2.05, 4.69) is 50.1 Å². The molecule has 100 valence electrons. The molecule has 2 heterocycles. The molecule has 2 fully saturated rings. The fourth-order valence-electron chi connectivity index (χ4n) is 2.89. The zero-order valence-corrected chi connectivity index (χ0v) is 11.9. The lowest BCUT2D eigenvalue weighted by molar-refractivity contribution is 0.112. The van der Waals surface area contributed by atoms with E-state index in [1.165, 1.54) is 31.5 Å². The van der Waals surface area contributed by atoms with Crippen LogP contribution in [0.5, 0.6) is 0 Å². The van der Waals surface area contributed by atoms with E-state index in [4.69, 9.17) is 4.74 Å². The van der Waals surface area contributed by atoms with Crippen LogP contribution in [0.25, 0.3) is 0 Å². The van der Waals surface area contributed by atoms with Gasteiger partial charge in [-0.2, -0.15) is 0 Å². The Morgan fingerprint density at radius 3 is 2.67 bits per heavy atom. The average Bonchev–Trinajstić information content (AvgIpc) is 2.72. The van der Waals surface area contributed by atoms with Gasteiger partial charge in [0.25, 0.3) is 0 Å². The summed E-state index contributed by atoms with van der Waals surface area (Å²) >= 11 is 0. The lowest BCUT2D eigenvalue weighted by atomic mass is 9.73. The summed E-state index contributed by atoms with van der Waals surface area (Å²) in [6.45, 7) is 7.46. The molecule has 0 aromatic rings. The summed E-state index contributed by atoms with van der Waals surface area (Å²) < 4.78 is 5.91. The average molecular weight is 247 g/mol. The van der Waals surface area contributed by atoms with Gasteiger partial charge in [0.05, 0.1) is 6.61 Å². The second-order valence-corrected chi connectivity index (χ2v) is 5.44. The van der Waals surface area contributed by atoms with Crippen molar-refractivity contribution in [1.29, 1.82) is 0 Å². The molecule has 0 unspecified atom stereocenters. The number of hydrogen-bond acceptors (Lipinski definition) is 2. The van der Waals surface area contributed by atoms with E-state index in [0.717, 1.165) is 18.8 Å². The monoisotopic (exact) mass is 247 g/mol. The van der Waals surface area contributed by atoms with Gasteiger partial charge in [-0.1, -0.05) is 25.2 Å². The molecule has 0 aromatic carbocycles. The lowest BCUT2D eigenvalue weighted by Gasteiger charge is -2.36. The molecule has 1 spiro atoms. The summed E-state index contributed by atoms with van der Waals surface area (Å²) in [6.07, 6.45) is 12.3. The minimum atomic E-state index is 0.270. The number of piperidine rings is 1. The van der Waals surface area contributed by atoms with E-state index in [1.54, 1.807) is 0 Å². The molecule has 18 heavy (non-hydrogen) atoms. The summed E-state index contributed by atoms with van der Waals surface area (Å²) in [4.78, 5) is 2.42. The van der Waals surface area contributed by atoms with Crippen LogP contribution in [0.2, 0.25) is 0 Å². The summed E-state index contributed by atoms with van der Waals surface area (Å²) in [5.41, 5.74) is 1.69. The van der Waals surface area contributed by atoms with Crippen LogP contribution in [0, 0.1) is 5.41 Å². The van der Waals surface area contributed by atoms with E-state index >= 15 is 0 Å². The highest BCUT2D eigenvalue weighted by Crippen LogP contribution is 2.47. The Morgan fingerprint density at radius 2 is 2.06 bits per heavy atom. The highest BCUT2D eigenvalue weighted by atomic mass is 16.5. The van der Waals surface area contributed by atoms with Crippen molar-refractivity contribution in [2.24, 2.45) is 5.41 Å². The van der Waals surface area contributed by atoms with Crippen molar-refractivity contribution in [3.8, 4) is 0 Å². The van der Waals surface area contributed by atoms with Gasteiger partial charge in [0, 0.05) is 11.0 Å². The molecular formula is C16H25NO. The normalized spacial score (nSPS) is 28.6. The lowest BCUT2D eigenvalue weighted by Crippen LogP contribution is -2.39. The molecule has 2 saturated heterocycles.